The van der Waals surface area contributed by atoms with Crippen molar-refractivity contribution >= 4 is 5.69 Å². The number of hydrogen-bond donors (Lipinski definition) is 0. The highest BCUT2D eigenvalue weighted by Crippen LogP contribution is 2.23. The van der Waals surface area contributed by atoms with Gasteiger partial charge in [0.2, 0.25) is 0 Å². The normalized spacial score (nSPS) is 11.5. The lowest BCUT2D eigenvalue weighted by Crippen LogP contribution is -2.40. The maximum Gasteiger partial charge on any atom is 0.0366 e. The number of benzene rings is 1. The van der Waals surface area contributed by atoms with Gasteiger partial charge in [-0.05, 0) is 24.0 Å². The monoisotopic (exact) mass is 205 g/mol. The zero-order valence-electron chi connectivity index (χ0n) is 10.6. The summed E-state index contributed by atoms with van der Waals surface area (Å²) in [5.41, 5.74) is 1.31. The van der Waals surface area contributed by atoms with Crippen LogP contribution in [0.3, 0.4) is 0 Å². The summed E-state index contributed by atoms with van der Waals surface area (Å²) in [6, 6.07) is 11.2. The van der Waals surface area contributed by atoms with Gasteiger partial charge in [0.05, 0.1) is 0 Å². The van der Waals surface area contributed by atoms with E-state index >= 15 is 0 Å². The van der Waals surface area contributed by atoms with Gasteiger partial charge < -0.3 is 4.90 Å². The molecule has 0 amide bonds. The molecular formula is C14H23N. The van der Waals surface area contributed by atoms with Crippen LogP contribution in [0.5, 0.6) is 0 Å². The predicted octanol–water partition coefficient (Wildman–Crippen LogP) is 3.80. The Bertz CT molecular complexity index is 269. The molecule has 84 valence electrons. The van der Waals surface area contributed by atoms with Crippen LogP contribution in [-0.2, 0) is 0 Å². The third kappa shape index (κ3) is 2.98. The van der Waals surface area contributed by atoms with Crippen molar-refractivity contribution in [2.75, 3.05) is 11.9 Å². The summed E-state index contributed by atoms with van der Waals surface area (Å²) in [4.78, 5) is 2.40. The first-order chi connectivity index (χ1) is 7.04. The van der Waals surface area contributed by atoms with Crippen molar-refractivity contribution in [3.8, 4) is 0 Å². The van der Waals surface area contributed by atoms with E-state index in [4.69, 9.17) is 0 Å². The molecule has 1 nitrogen and oxygen atoms in total. The van der Waals surface area contributed by atoms with Crippen LogP contribution in [0.1, 0.15) is 27.7 Å². The van der Waals surface area contributed by atoms with Gasteiger partial charge in [-0.1, -0.05) is 45.9 Å². The van der Waals surface area contributed by atoms with Crippen molar-refractivity contribution in [1.29, 1.82) is 0 Å². The van der Waals surface area contributed by atoms with Crippen molar-refractivity contribution in [2.24, 2.45) is 11.8 Å². The predicted molar refractivity (Wildman–Crippen MR) is 68.3 cm³/mol. The Morgan fingerprint density at radius 1 is 0.867 bits per heavy atom. The van der Waals surface area contributed by atoms with E-state index in [-0.39, 0.29) is 0 Å². The number of para-hydroxylation sites is 1. The van der Waals surface area contributed by atoms with Crippen LogP contribution < -0.4 is 4.90 Å². The van der Waals surface area contributed by atoms with Crippen LogP contribution in [0.4, 0.5) is 5.69 Å². The van der Waals surface area contributed by atoms with Gasteiger partial charge in [-0.2, -0.15) is 0 Å². The average Bonchev–Trinajstić information content (AvgIpc) is 2.18. The molecule has 0 bridgehead atoms. The minimum Gasteiger partial charge on any atom is -0.371 e. The molecule has 1 aromatic carbocycles. The van der Waals surface area contributed by atoms with Crippen LogP contribution in [0.2, 0.25) is 0 Å². The first-order valence-corrected chi connectivity index (χ1v) is 5.82. The Hall–Kier alpha value is -0.980. The molecule has 0 unspecified atom stereocenters. The van der Waals surface area contributed by atoms with Crippen molar-refractivity contribution in [2.45, 2.75) is 33.7 Å². The minimum atomic E-state index is 0.604. The summed E-state index contributed by atoms with van der Waals surface area (Å²) in [6.07, 6.45) is 0. The van der Waals surface area contributed by atoms with E-state index in [9.17, 15) is 0 Å². The van der Waals surface area contributed by atoms with Crippen LogP contribution >= 0.6 is 0 Å². The molecule has 1 heteroatoms. The summed E-state index contributed by atoms with van der Waals surface area (Å²) in [6.45, 7) is 9.18. The molecule has 0 aromatic heterocycles. The van der Waals surface area contributed by atoms with Gasteiger partial charge in [0.15, 0.2) is 0 Å². The van der Waals surface area contributed by atoms with Crippen LogP contribution in [-0.4, -0.2) is 13.1 Å². The van der Waals surface area contributed by atoms with Gasteiger partial charge >= 0.3 is 0 Å². The summed E-state index contributed by atoms with van der Waals surface area (Å²) >= 11 is 0. The average molecular weight is 205 g/mol. The summed E-state index contributed by atoms with van der Waals surface area (Å²) in [5, 5.41) is 0. The second kappa shape index (κ2) is 5.20. The smallest absolute Gasteiger partial charge is 0.0366 e. The largest absolute Gasteiger partial charge is 0.371 e. The first-order valence-electron chi connectivity index (χ1n) is 5.82. The third-order valence-electron chi connectivity index (χ3n) is 2.98. The molecule has 0 spiro atoms. The molecule has 0 heterocycles. The van der Waals surface area contributed by atoms with Gasteiger partial charge in [-0.25, -0.2) is 0 Å². The lowest BCUT2D eigenvalue weighted by Gasteiger charge is -2.36. The van der Waals surface area contributed by atoms with Gasteiger partial charge in [0, 0.05) is 18.8 Å². The molecule has 0 radical (unpaired) electrons. The number of nitrogens with zero attached hydrogens (tertiary/aromatic N) is 1. The topological polar surface area (TPSA) is 3.24 Å². The second-order valence-corrected chi connectivity index (χ2v) is 4.93. The fraction of sp³-hybridized carbons (Fsp3) is 0.571. The van der Waals surface area contributed by atoms with Gasteiger partial charge in [-0.15, -0.1) is 0 Å². The van der Waals surface area contributed by atoms with Crippen molar-refractivity contribution in [1.82, 2.24) is 0 Å². The summed E-state index contributed by atoms with van der Waals surface area (Å²) < 4.78 is 0. The lowest BCUT2D eigenvalue weighted by atomic mass is 9.91. The quantitative estimate of drug-likeness (QED) is 0.722. The fourth-order valence-corrected chi connectivity index (χ4v) is 2.50. The standard InChI is InChI=1S/C14H23N/c1-11(2)14(12(3)4)15(5)13-9-7-6-8-10-13/h6-12,14H,1-5H3. The summed E-state index contributed by atoms with van der Waals surface area (Å²) in [5.74, 6) is 1.35. The molecule has 0 saturated carbocycles. The van der Waals surface area contributed by atoms with E-state index in [0.717, 1.165) is 0 Å². The number of rotatable bonds is 4. The second-order valence-electron chi connectivity index (χ2n) is 4.93. The minimum absolute atomic E-state index is 0.604. The molecule has 0 aliphatic heterocycles. The molecule has 0 atom stereocenters. The number of hydrogen-bond acceptors (Lipinski definition) is 1. The van der Waals surface area contributed by atoms with Crippen LogP contribution in [0.15, 0.2) is 30.3 Å². The van der Waals surface area contributed by atoms with Gasteiger partial charge in [0.25, 0.3) is 0 Å². The molecular weight excluding hydrogens is 182 g/mol. The molecule has 0 fully saturated rings. The molecule has 1 aromatic rings. The maximum atomic E-state index is 2.40. The Balaban J connectivity index is 2.86. The maximum absolute atomic E-state index is 2.40. The molecule has 1 rings (SSSR count). The Morgan fingerprint density at radius 3 is 1.73 bits per heavy atom. The molecule has 0 aliphatic rings. The Labute approximate surface area is 94.1 Å². The van der Waals surface area contributed by atoms with E-state index in [1.54, 1.807) is 0 Å². The van der Waals surface area contributed by atoms with Crippen molar-refractivity contribution in [3.63, 3.8) is 0 Å². The van der Waals surface area contributed by atoms with Gasteiger partial charge in [0.1, 0.15) is 0 Å². The Morgan fingerprint density at radius 2 is 1.33 bits per heavy atom. The van der Waals surface area contributed by atoms with E-state index in [1.807, 2.05) is 0 Å². The number of anilines is 1. The summed E-state index contributed by atoms with van der Waals surface area (Å²) in [7, 11) is 2.19. The van der Waals surface area contributed by atoms with E-state index in [1.165, 1.54) is 5.69 Å². The highest BCUT2D eigenvalue weighted by Gasteiger charge is 2.22. The van der Waals surface area contributed by atoms with E-state index < -0.39 is 0 Å². The zero-order valence-corrected chi connectivity index (χ0v) is 10.6. The fourth-order valence-electron chi connectivity index (χ4n) is 2.50. The van der Waals surface area contributed by atoms with Crippen molar-refractivity contribution < 1.29 is 0 Å². The highest BCUT2D eigenvalue weighted by molar-refractivity contribution is 5.46. The van der Waals surface area contributed by atoms with Crippen LogP contribution in [0.25, 0.3) is 0 Å². The lowest BCUT2D eigenvalue weighted by molar-refractivity contribution is 0.372. The van der Waals surface area contributed by atoms with E-state index in [0.29, 0.717) is 17.9 Å². The first kappa shape index (κ1) is 12.1. The molecule has 0 N–H and O–H groups in total. The third-order valence-corrected chi connectivity index (χ3v) is 2.98. The highest BCUT2D eigenvalue weighted by atomic mass is 15.1. The van der Waals surface area contributed by atoms with Gasteiger partial charge in [-0.3, -0.25) is 0 Å². The molecule has 0 saturated heterocycles. The van der Waals surface area contributed by atoms with Crippen LogP contribution in [0, 0.1) is 11.8 Å². The zero-order chi connectivity index (χ0) is 11.4. The Kier molecular flexibility index (Phi) is 4.19. The van der Waals surface area contributed by atoms with Crippen molar-refractivity contribution in [3.05, 3.63) is 30.3 Å². The molecule has 15 heavy (non-hydrogen) atoms. The van der Waals surface area contributed by atoms with E-state index in [2.05, 4.69) is 70.0 Å². The SMILES string of the molecule is CC(C)C(C(C)C)N(C)c1ccccc1. The molecule has 0 aliphatic carbocycles.